The van der Waals surface area contributed by atoms with E-state index in [0.717, 1.165) is 28.7 Å². The van der Waals surface area contributed by atoms with Gasteiger partial charge in [-0.05, 0) is 46.8 Å². The van der Waals surface area contributed by atoms with Gasteiger partial charge in [0, 0.05) is 0 Å². The van der Waals surface area contributed by atoms with Crippen LogP contribution in [0.2, 0.25) is 0 Å². The van der Waals surface area contributed by atoms with Crippen molar-refractivity contribution >= 4 is 0 Å². The lowest BCUT2D eigenvalue weighted by molar-refractivity contribution is 1.10. The van der Waals surface area contributed by atoms with Crippen LogP contribution in [0.5, 0.6) is 0 Å². The van der Waals surface area contributed by atoms with E-state index < -0.39 is 0 Å². The number of allylic oxidation sites excluding steroid dienone is 12. The topological polar surface area (TPSA) is 0 Å². The van der Waals surface area contributed by atoms with E-state index in [9.17, 15) is 0 Å². The minimum Gasteiger partial charge on any atom is -0.0990 e. The zero-order valence-corrected chi connectivity index (χ0v) is 12.0. The summed E-state index contributed by atoms with van der Waals surface area (Å²) >= 11 is 0. The van der Waals surface area contributed by atoms with Crippen molar-refractivity contribution in [3.63, 3.8) is 0 Å². The second-order valence-corrected chi connectivity index (χ2v) is 4.21. The second-order valence-electron chi connectivity index (χ2n) is 4.21. The van der Waals surface area contributed by atoms with E-state index in [4.69, 9.17) is 0 Å². The summed E-state index contributed by atoms with van der Waals surface area (Å²) < 4.78 is 0. The van der Waals surface area contributed by atoms with Gasteiger partial charge in [0.25, 0.3) is 0 Å². The van der Waals surface area contributed by atoms with Gasteiger partial charge in [-0.15, -0.1) is 0 Å². The van der Waals surface area contributed by atoms with Crippen molar-refractivity contribution in [3.8, 4) is 0 Å². The Kier molecular flexibility index (Phi) is 5.32. The minimum absolute atomic E-state index is 0.979. The fourth-order valence-electron chi connectivity index (χ4n) is 2.52. The van der Waals surface area contributed by atoms with Gasteiger partial charge in [-0.2, -0.15) is 0 Å². The summed E-state index contributed by atoms with van der Waals surface area (Å²) in [4.78, 5) is 0. The maximum absolute atomic E-state index is 3.95. The summed E-state index contributed by atoms with van der Waals surface area (Å²) in [5.74, 6) is 0. The van der Waals surface area contributed by atoms with Crippen LogP contribution in [0.4, 0.5) is 0 Å². The monoisotopic (exact) mass is 250 g/mol. The van der Waals surface area contributed by atoms with Crippen LogP contribution in [0.1, 0.15) is 20.3 Å². The molecule has 0 N–H and O–H groups in total. The SMILES string of the molecule is C=C/C=C1/C(C=C)=C(C=C)C(C=C)=C1/C(=C\C)CC. The van der Waals surface area contributed by atoms with Crippen LogP contribution in [0.15, 0.2) is 96.2 Å². The molecular formula is C19H22. The molecule has 0 radical (unpaired) electrons. The van der Waals surface area contributed by atoms with Gasteiger partial charge in [0.2, 0.25) is 0 Å². The van der Waals surface area contributed by atoms with Gasteiger partial charge >= 0.3 is 0 Å². The Bertz CT molecular complexity index is 543. The summed E-state index contributed by atoms with van der Waals surface area (Å²) in [5, 5.41) is 0. The van der Waals surface area contributed by atoms with Gasteiger partial charge in [0.1, 0.15) is 0 Å². The first kappa shape index (κ1) is 15.0. The Morgan fingerprint density at radius 2 is 1.53 bits per heavy atom. The molecule has 0 aromatic rings. The van der Waals surface area contributed by atoms with Crippen LogP contribution in [-0.2, 0) is 0 Å². The highest BCUT2D eigenvalue weighted by atomic mass is 14.3. The quantitative estimate of drug-likeness (QED) is 0.574. The van der Waals surface area contributed by atoms with E-state index in [1.165, 1.54) is 11.1 Å². The van der Waals surface area contributed by atoms with Gasteiger partial charge in [0.05, 0.1) is 0 Å². The third-order valence-corrected chi connectivity index (χ3v) is 3.36. The predicted molar refractivity (Wildman–Crippen MR) is 87.0 cm³/mol. The molecule has 0 unspecified atom stereocenters. The van der Waals surface area contributed by atoms with Crippen molar-refractivity contribution in [2.75, 3.05) is 0 Å². The van der Waals surface area contributed by atoms with Gasteiger partial charge in [-0.1, -0.05) is 69.7 Å². The summed E-state index contributed by atoms with van der Waals surface area (Å²) in [7, 11) is 0. The average Bonchev–Trinajstić information content (AvgIpc) is 2.74. The average molecular weight is 250 g/mol. The summed E-state index contributed by atoms with van der Waals surface area (Å²) in [6.45, 7) is 19.8. The molecule has 19 heavy (non-hydrogen) atoms. The molecular weight excluding hydrogens is 228 g/mol. The Hall–Kier alpha value is -2.08. The van der Waals surface area contributed by atoms with E-state index in [2.05, 4.69) is 46.2 Å². The lowest BCUT2D eigenvalue weighted by Gasteiger charge is -2.11. The van der Waals surface area contributed by atoms with E-state index >= 15 is 0 Å². The van der Waals surface area contributed by atoms with E-state index in [0.29, 0.717) is 0 Å². The fourth-order valence-corrected chi connectivity index (χ4v) is 2.52. The molecule has 1 rings (SSSR count). The van der Waals surface area contributed by atoms with Crippen molar-refractivity contribution in [1.29, 1.82) is 0 Å². The van der Waals surface area contributed by atoms with Gasteiger partial charge in [-0.3, -0.25) is 0 Å². The van der Waals surface area contributed by atoms with Gasteiger partial charge in [0.15, 0.2) is 0 Å². The van der Waals surface area contributed by atoms with Crippen LogP contribution in [-0.4, -0.2) is 0 Å². The van der Waals surface area contributed by atoms with Gasteiger partial charge in [-0.25, -0.2) is 0 Å². The molecule has 0 saturated heterocycles. The van der Waals surface area contributed by atoms with Crippen molar-refractivity contribution in [1.82, 2.24) is 0 Å². The Balaban J connectivity index is 3.70. The lowest BCUT2D eigenvalue weighted by Crippen LogP contribution is -1.93. The number of hydrogen-bond donors (Lipinski definition) is 0. The number of hydrogen-bond acceptors (Lipinski definition) is 0. The van der Waals surface area contributed by atoms with Crippen LogP contribution in [0, 0.1) is 0 Å². The third-order valence-electron chi connectivity index (χ3n) is 3.36. The van der Waals surface area contributed by atoms with E-state index in [-0.39, 0.29) is 0 Å². The summed E-state index contributed by atoms with van der Waals surface area (Å²) in [6.07, 6.45) is 12.6. The molecule has 0 fully saturated rings. The number of rotatable bonds is 6. The minimum atomic E-state index is 0.979. The van der Waals surface area contributed by atoms with Crippen LogP contribution in [0.25, 0.3) is 0 Å². The molecule has 0 atom stereocenters. The highest BCUT2D eigenvalue weighted by Gasteiger charge is 2.25. The molecule has 0 aromatic carbocycles. The van der Waals surface area contributed by atoms with Crippen molar-refractivity contribution in [2.45, 2.75) is 20.3 Å². The highest BCUT2D eigenvalue weighted by molar-refractivity contribution is 5.76. The van der Waals surface area contributed by atoms with Crippen molar-refractivity contribution in [2.24, 2.45) is 0 Å². The van der Waals surface area contributed by atoms with E-state index in [1.807, 2.05) is 30.4 Å². The van der Waals surface area contributed by atoms with Crippen LogP contribution >= 0.6 is 0 Å². The van der Waals surface area contributed by atoms with Gasteiger partial charge < -0.3 is 0 Å². The smallest absolute Gasteiger partial charge is 0.00705 e. The Labute approximate surface area is 117 Å². The fraction of sp³-hybridized carbons (Fsp3) is 0.158. The zero-order valence-electron chi connectivity index (χ0n) is 12.0. The van der Waals surface area contributed by atoms with Crippen LogP contribution < -0.4 is 0 Å². The predicted octanol–water partition coefficient (Wildman–Crippen LogP) is 5.62. The van der Waals surface area contributed by atoms with E-state index in [1.54, 1.807) is 0 Å². The molecule has 0 aromatic heterocycles. The lowest BCUT2D eigenvalue weighted by atomic mass is 9.92. The molecule has 0 bridgehead atoms. The molecule has 0 spiro atoms. The Morgan fingerprint density at radius 1 is 0.947 bits per heavy atom. The molecule has 1 aliphatic rings. The molecule has 98 valence electrons. The normalized spacial score (nSPS) is 18.0. The van der Waals surface area contributed by atoms with Crippen LogP contribution in [0.3, 0.4) is 0 Å². The zero-order chi connectivity index (χ0) is 14.4. The Morgan fingerprint density at radius 3 is 1.89 bits per heavy atom. The molecule has 0 nitrogen and oxygen atoms in total. The summed E-state index contributed by atoms with van der Waals surface area (Å²) in [6, 6.07) is 0. The molecule has 1 aliphatic carbocycles. The summed E-state index contributed by atoms with van der Waals surface area (Å²) in [5.41, 5.74) is 7.02. The highest BCUT2D eigenvalue weighted by Crippen LogP contribution is 2.42. The first-order valence-electron chi connectivity index (χ1n) is 6.55. The third kappa shape index (κ3) is 2.53. The maximum atomic E-state index is 3.95. The molecule has 0 heterocycles. The second kappa shape index (κ2) is 6.75. The molecule has 0 aliphatic heterocycles. The first-order valence-corrected chi connectivity index (χ1v) is 6.55. The molecule has 0 saturated carbocycles. The maximum Gasteiger partial charge on any atom is -0.00705 e. The first-order chi connectivity index (χ1) is 9.19. The van der Waals surface area contributed by atoms with Crippen molar-refractivity contribution < 1.29 is 0 Å². The molecule has 0 amide bonds. The molecule has 0 heteroatoms. The van der Waals surface area contributed by atoms with Crippen molar-refractivity contribution in [3.05, 3.63) is 96.2 Å². The standard InChI is InChI=1S/C19H22/c1-7-13-18-16(11-5)15(10-4)17(12-6)19(18)14(8-2)9-3/h7-8,10-13H,1,4-6,9H2,2-3H3/b14-8-,18-13-. The largest absolute Gasteiger partial charge is 0.0990 e.